The van der Waals surface area contributed by atoms with E-state index in [0.29, 0.717) is 12.5 Å². The fraction of sp³-hybridized carbons (Fsp3) is 0.600. The van der Waals surface area contributed by atoms with Crippen molar-refractivity contribution in [1.29, 1.82) is 0 Å². The van der Waals surface area contributed by atoms with Crippen LogP contribution in [0.15, 0.2) is 0 Å². The van der Waals surface area contributed by atoms with E-state index in [1.165, 1.54) is 0 Å². The van der Waals surface area contributed by atoms with Gasteiger partial charge in [0.25, 0.3) is 0 Å². The Morgan fingerprint density at radius 3 is 2.61 bits per heavy atom. The molecule has 0 bridgehead atoms. The smallest absolute Gasteiger partial charge is 0.242 e. The van der Waals surface area contributed by atoms with E-state index in [1.807, 2.05) is 6.92 Å². The SMILES string of the molecule is CCNC(=O)C(C)Nc1nc(N)nc(N(C)C)n1. The van der Waals surface area contributed by atoms with Crippen molar-refractivity contribution in [3.8, 4) is 0 Å². The van der Waals surface area contributed by atoms with E-state index in [9.17, 15) is 4.79 Å². The molecule has 0 aliphatic heterocycles. The van der Waals surface area contributed by atoms with Crippen LogP contribution >= 0.6 is 0 Å². The van der Waals surface area contributed by atoms with Gasteiger partial charge in [-0.25, -0.2) is 0 Å². The molecule has 1 heterocycles. The Kier molecular flexibility index (Phi) is 4.64. The number of carbonyl (C=O) groups is 1. The van der Waals surface area contributed by atoms with Crippen molar-refractivity contribution in [1.82, 2.24) is 20.3 Å². The van der Waals surface area contributed by atoms with Gasteiger partial charge in [-0.1, -0.05) is 0 Å². The number of rotatable bonds is 5. The molecule has 1 aromatic heterocycles. The highest BCUT2D eigenvalue weighted by Gasteiger charge is 2.14. The Hall–Kier alpha value is -2.12. The third-order valence-electron chi connectivity index (χ3n) is 2.13. The van der Waals surface area contributed by atoms with Gasteiger partial charge < -0.3 is 21.3 Å². The van der Waals surface area contributed by atoms with Crippen LogP contribution in [-0.2, 0) is 4.79 Å². The number of nitrogen functional groups attached to an aromatic ring is 1. The van der Waals surface area contributed by atoms with Crippen molar-refractivity contribution in [2.75, 3.05) is 36.6 Å². The summed E-state index contributed by atoms with van der Waals surface area (Å²) < 4.78 is 0. The van der Waals surface area contributed by atoms with Gasteiger partial charge in [0.05, 0.1) is 0 Å². The zero-order chi connectivity index (χ0) is 13.7. The van der Waals surface area contributed by atoms with E-state index in [-0.39, 0.29) is 17.8 Å². The molecule has 0 radical (unpaired) electrons. The summed E-state index contributed by atoms with van der Waals surface area (Å²) in [5.41, 5.74) is 5.58. The number of hydrogen-bond donors (Lipinski definition) is 3. The van der Waals surface area contributed by atoms with Crippen molar-refractivity contribution in [3.05, 3.63) is 0 Å². The van der Waals surface area contributed by atoms with Crippen molar-refractivity contribution in [3.63, 3.8) is 0 Å². The highest BCUT2D eigenvalue weighted by atomic mass is 16.2. The number of hydrogen-bond acceptors (Lipinski definition) is 7. The second kappa shape index (κ2) is 5.99. The fourth-order valence-corrected chi connectivity index (χ4v) is 1.23. The summed E-state index contributed by atoms with van der Waals surface area (Å²) >= 11 is 0. The summed E-state index contributed by atoms with van der Waals surface area (Å²) in [6.45, 7) is 4.16. The molecule has 0 saturated heterocycles. The topological polar surface area (TPSA) is 109 Å². The number of carbonyl (C=O) groups excluding carboxylic acids is 1. The van der Waals surface area contributed by atoms with E-state index in [0.717, 1.165) is 0 Å². The van der Waals surface area contributed by atoms with Gasteiger partial charge in [0.2, 0.25) is 23.8 Å². The lowest BCUT2D eigenvalue weighted by atomic mass is 10.3. The molecule has 1 amide bonds. The number of anilines is 3. The summed E-state index contributed by atoms with van der Waals surface area (Å²) in [4.78, 5) is 25.3. The Morgan fingerprint density at radius 2 is 2.06 bits per heavy atom. The summed E-state index contributed by atoms with van der Waals surface area (Å²) in [7, 11) is 3.59. The Morgan fingerprint density at radius 1 is 1.39 bits per heavy atom. The first-order valence-corrected chi connectivity index (χ1v) is 5.67. The van der Waals surface area contributed by atoms with Crippen LogP contribution in [0.4, 0.5) is 17.8 Å². The number of aromatic nitrogens is 3. The molecule has 0 aliphatic rings. The van der Waals surface area contributed by atoms with Gasteiger partial charge in [0.1, 0.15) is 6.04 Å². The molecule has 0 aromatic carbocycles. The molecule has 100 valence electrons. The van der Waals surface area contributed by atoms with Gasteiger partial charge in [-0.15, -0.1) is 0 Å². The normalized spacial score (nSPS) is 11.8. The Labute approximate surface area is 106 Å². The average molecular weight is 253 g/mol. The van der Waals surface area contributed by atoms with Crippen LogP contribution in [0.5, 0.6) is 0 Å². The van der Waals surface area contributed by atoms with Gasteiger partial charge in [-0.3, -0.25) is 4.79 Å². The molecule has 0 aliphatic carbocycles. The largest absolute Gasteiger partial charge is 0.368 e. The molecule has 0 fully saturated rings. The van der Waals surface area contributed by atoms with E-state index in [4.69, 9.17) is 5.73 Å². The number of likely N-dealkylation sites (N-methyl/N-ethyl adjacent to an activating group) is 1. The molecule has 8 nitrogen and oxygen atoms in total. The van der Waals surface area contributed by atoms with Crippen molar-refractivity contribution < 1.29 is 4.79 Å². The van der Waals surface area contributed by atoms with Crippen LogP contribution in [0, 0.1) is 0 Å². The van der Waals surface area contributed by atoms with E-state index < -0.39 is 6.04 Å². The third-order valence-corrected chi connectivity index (χ3v) is 2.13. The van der Waals surface area contributed by atoms with Gasteiger partial charge in [-0.2, -0.15) is 15.0 Å². The van der Waals surface area contributed by atoms with Crippen LogP contribution in [0.2, 0.25) is 0 Å². The standard InChI is InChI=1S/C10H19N7O/c1-5-12-7(18)6(2)13-9-14-8(11)15-10(16-9)17(3)4/h6H,5H2,1-4H3,(H,12,18)(H3,11,13,14,15,16). The number of nitrogens with one attached hydrogen (secondary N) is 2. The van der Waals surface area contributed by atoms with E-state index >= 15 is 0 Å². The molecule has 1 aromatic rings. The number of nitrogens with zero attached hydrogens (tertiary/aromatic N) is 4. The fourth-order valence-electron chi connectivity index (χ4n) is 1.23. The maximum atomic E-state index is 11.6. The molecule has 1 unspecified atom stereocenters. The zero-order valence-corrected chi connectivity index (χ0v) is 11.1. The lowest BCUT2D eigenvalue weighted by Gasteiger charge is -2.15. The molecule has 1 atom stereocenters. The predicted octanol–water partition coefficient (Wildman–Crippen LogP) is -0.544. The maximum absolute atomic E-state index is 11.6. The summed E-state index contributed by atoms with van der Waals surface area (Å²) in [6, 6.07) is -0.443. The van der Waals surface area contributed by atoms with Crippen LogP contribution in [0.3, 0.4) is 0 Å². The average Bonchev–Trinajstić information content (AvgIpc) is 2.28. The van der Waals surface area contributed by atoms with Gasteiger partial charge >= 0.3 is 0 Å². The number of nitrogens with two attached hydrogens (primary N) is 1. The Balaban J connectivity index is 2.81. The maximum Gasteiger partial charge on any atom is 0.242 e. The molecule has 4 N–H and O–H groups in total. The highest BCUT2D eigenvalue weighted by molar-refractivity contribution is 5.83. The van der Waals surface area contributed by atoms with Crippen molar-refractivity contribution in [2.24, 2.45) is 0 Å². The first kappa shape index (κ1) is 13.9. The monoisotopic (exact) mass is 253 g/mol. The quantitative estimate of drug-likeness (QED) is 0.646. The van der Waals surface area contributed by atoms with Crippen LogP contribution in [0.1, 0.15) is 13.8 Å². The minimum absolute atomic E-state index is 0.110. The van der Waals surface area contributed by atoms with Crippen LogP contribution < -0.4 is 21.3 Å². The van der Waals surface area contributed by atoms with Crippen molar-refractivity contribution >= 4 is 23.8 Å². The van der Waals surface area contributed by atoms with E-state index in [1.54, 1.807) is 25.9 Å². The molecule has 0 spiro atoms. The lowest BCUT2D eigenvalue weighted by molar-refractivity contribution is -0.121. The minimum atomic E-state index is -0.443. The van der Waals surface area contributed by atoms with Gasteiger partial charge in [0, 0.05) is 20.6 Å². The molecule has 8 heteroatoms. The summed E-state index contributed by atoms with van der Waals surface area (Å²) in [6.07, 6.45) is 0. The molecular weight excluding hydrogens is 234 g/mol. The minimum Gasteiger partial charge on any atom is -0.368 e. The van der Waals surface area contributed by atoms with Gasteiger partial charge in [0.15, 0.2) is 0 Å². The second-order valence-electron chi connectivity index (χ2n) is 3.97. The summed E-state index contributed by atoms with van der Waals surface area (Å²) in [5, 5.41) is 5.58. The lowest BCUT2D eigenvalue weighted by Crippen LogP contribution is -2.38. The zero-order valence-electron chi connectivity index (χ0n) is 11.1. The van der Waals surface area contributed by atoms with E-state index in [2.05, 4.69) is 25.6 Å². The van der Waals surface area contributed by atoms with Crippen LogP contribution in [0.25, 0.3) is 0 Å². The van der Waals surface area contributed by atoms with Gasteiger partial charge in [-0.05, 0) is 13.8 Å². The van der Waals surface area contributed by atoms with Crippen LogP contribution in [-0.4, -0.2) is 47.5 Å². The first-order valence-electron chi connectivity index (χ1n) is 5.67. The number of amides is 1. The summed E-state index contributed by atoms with van der Waals surface area (Å²) in [5.74, 6) is 0.709. The Bertz CT molecular complexity index is 421. The predicted molar refractivity (Wildman–Crippen MR) is 70.3 cm³/mol. The molecule has 0 saturated carbocycles. The molecule has 18 heavy (non-hydrogen) atoms. The first-order chi connectivity index (χ1) is 8.43. The third kappa shape index (κ3) is 3.72. The molecule has 1 rings (SSSR count). The second-order valence-corrected chi connectivity index (χ2v) is 3.97. The molecular formula is C10H19N7O. The van der Waals surface area contributed by atoms with Crippen molar-refractivity contribution in [2.45, 2.75) is 19.9 Å². The highest BCUT2D eigenvalue weighted by Crippen LogP contribution is 2.09.